The molecule has 1 saturated carbocycles. The van der Waals surface area contributed by atoms with E-state index >= 15 is 0 Å². The fourth-order valence-corrected chi connectivity index (χ4v) is 9.55. The molecule has 0 spiro atoms. The van der Waals surface area contributed by atoms with Crippen LogP contribution in [-0.4, -0.2) is 0 Å². The van der Waals surface area contributed by atoms with Crippen molar-refractivity contribution in [1.29, 1.82) is 0 Å². The topological polar surface area (TPSA) is 0 Å². The molecule has 0 aromatic heterocycles. The van der Waals surface area contributed by atoms with E-state index in [0.717, 1.165) is 12.8 Å². The monoisotopic (exact) mass is 644 g/mol. The molecule has 0 bridgehead atoms. The van der Waals surface area contributed by atoms with Crippen LogP contribution in [0.15, 0.2) is 132 Å². The average Bonchev–Trinajstić information content (AvgIpc) is 3.73. The van der Waals surface area contributed by atoms with Crippen LogP contribution in [0.4, 0.5) is 0 Å². The summed E-state index contributed by atoms with van der Waals surface area (Å²) in [4.78, 5) is 0. The molecule has 9 rings (SSSR count). The summed E-state index contributed by atoms with van der Waals surface area (Å²) in [7, 11) is 0. The van der Waals surface area contributed by atoms with E-state index in [9.17, 15) is 0 Å². The minimum Gasteiger partial charge on any atom is -0.0617 e. The first kappa shape index (κ1) is 30.8. The number of fused-ring (bicyclic) bond motifs is 2. The maximum atomic E-state index is 2.60. The molecule has 1 fully saturated rings. The number of allylic oxidation sites excluding steroid dienone is 2. The molecule has 244 valence electrons. The third-order valence-corrected chi connectivity index (χ3v) is 12.2. The summed E-state index contributed by atoms with van der Waals surface area (Å²) in [6, 6.07) is 45.4. The van der Waals surface area contributed by atoms with E-state index in [1.54, 1.807) is 11.1 Å². The summed E-state index contributed by atoms with van der Waals surface area (Å²) in [5, 5.41) is 0. The minimum atomic E-state index is 0.144. The van der Waals surface area contributed by atoms with Gasteiger partial charge in [-0.05, 0) is 142 Å². The van der Waals surface area contributed by atoms with E-state index in [1.165, 1.54) is 108 Å². The van der Waals surface area contributed by atoms with Gasteiger partial charge in [0.2, 0.25) is 0 Å². The lowest BCUT2D eigenvalue weighted by atomic mass is 9.59. The van der Waals surface area contributed by atoms with Crippen molar-refractivity contribution in [1.82, 2.24) is 0 Å². The molecule has 3 aliphatic carbocycles. The van der Waals surface area contributed by atoms with Crippen LogP contribution in [-0.2, 0) is 12.8 Å². The number of rotatable bonds is 6. The Bertz CT molecular complexity index is 2180. The molecule has 6 aromatic carbocycles. The van der Waals surface area contributed by atoms with Gasteiger partial charge in [-0.3, -0.25) is 0 Å². The van der Waals surface area contributed by atoms with Gasteiger partial charge in [0, 0.05) is 5.41 Å². The highest BCUT2D eigenvalue weighted by atomic mass is 14.5. The summed E-state index contributed by atoms with van der Waals surface area (Å²) < 4.78 is 0. The van der Waals surface area contributed by atoms with E-state index < -0.39 is 0 Å². The van der Waals surface area contributed by atoms with Crippen LogP contribution in [0.3, 0.4) is 0 Å². The Balaban J connectivity index is 1.13. The van der Waals surface area contributed by atoms with Gasteiger partial charge in [0.25, 0.3) is 0 Å². The van der Waals surface area contributed by atoms with Gasteiger partial charge in [0.15, 0.2) is 0 Å². The number of benzene rings is 6. The zero-order valence-corrected chi connectivity index (χ0v) is 29.7. The molecule has 0 N–H and O–H groups in total. The fraction of sp³-hybridized carbons (Fsp3) is 0.200. The van der Waals surface area contributed by atoms with Crippen molar-refractivity contribution in [2.45, 2.75) is 59.8 Å². The lowest BCUT2D eigenvalue weighted by molar-refractivity contribution is 0.235. The summed E-state index contributed by atoms with van der Waals surface area (Å²) in [6.45, 7) is 8.98. The van der Waals surface area contributed by atoms with Crippen LogP contribution in [0, 0.1) is 33.1 Å². The zero-order chi connectivity index (χ0) is 34.0. The van der Waals surface area contributed by atoms with E-state index in [2.05, 4.69) is 161 Å². The molecule has 6 aromatic rings. The van der Waals surface area contributed by atoms with Gasteiger partial charge in [-0.2, -0.15) is 0 Å². The molecule has 0 radical (unpaired) electrons. The molecule has 0 amide bonds. The van der Waals surface area contributed by atoms with Crippen LogP contribution in [0.1, 0.15) is 63.8 Å². The Kier molecular flexibility index (Phi) is 7.39. The molecule has 0 aliphatic heterocycles. The summed E-state index contributed by atoms with van der Waals surface area (Å²) >= 11 is 0. The predicted molar refractivity (Wildman–Crippen MR) is 213 cm³/mol. The van der Waals surface area contributed by atoms with Gasteiger partial charge in [-0.25, -0.2) is 0 Å². The highest BCUT2D eigenvalue weighted by Gasteiger charge is 2.46. The lowest BCUT2D eigenvalue weighted by Gasteiger charge is -2.45. The molecule has 0 heterocycles. The van der Waals surface area contributed by atoms with Crippen LogP contribution < -0.4 is 0 Å². The largest absolute Gasteiger partial charge is 0.0617 e. The quantitative estimate of drug-likeness (QED) is 0.169. The highest BCUT2D eigenvalue weighted by Crippen LogP contribution is 2.59. The van der Waals surface area contributed by atoms with Crippen molar-refractivity contribution in [2.24, 2.45) is 5.41 Å². The smallest absolute Gasteiger partial charge is 0.0134 e. The highest BCUT2D eigenvalue weighted by molar-refractivity contribution is 5.93. The molecule has 0 atom stereocenters. The molecule has 3 aliphatic rings. The zero-order valence-electron chi connectivity index (χ0n) is 29.7. The lowest BCUT2D eigenvalue weighted by Crippen LogP contribution is -2.34. The van der Waals surface area contributed by atoms with Crippen LogP contribution in [0.25, 0.3) is 56.7 Å². The number of hydrogen-bond acceptors (Lipinski definition) is 0. The van der Waals surface area contributed by atoms with Crippen molar-refractivity contribution in [3.63, 3.8) is 0 Å². The molecular weight excluding hydrogens is 601 g/mol. The molecule has 50 heavy (non-hydrogen) atoms. The number of hydrogen-bond donors (Lipinski definition) is 0. The average molecular weight is 645 g/mol. The standard InChI is InChI=1S/C50H44/c1-32-14-9-15-33(2)48(32)44-22-7-5-20-40(44)42-24-11-18-36-28-38(30-46(36)42)50(26-13-27-50)39-29-37-19-12-25-43(47(37)31-39)41-21-6-8-23-45(41)49-34(3)16-10-17-35(49)4/h5-12,14-25,30-31H,13,26-29H2,1-4H3. The van der Waals surface area contributed by atoms with E-state index in [4.69, 9.17) is 0 Å². The third-order valence-electron chi connectivity index (χ3n) is 12.2. The Labute approximate surface area is 297 Å². The van der Waals surface area contributed by atoms with Crippen molar-refractivity contribution >= 4 is 12.2 Å². The maximum absolute atomic E-state index is 2.60. The van der Waals surface area contributed by atoms with Gasteiger partial charge in [-0.15, -0.1) is 0 Å². The molecular formula is C50H44. The Hall–Kier alpha value is -5.20. The fourth-order valence-electron chi connectivity index (χ4n) is 9.55. The van der Waals surface area contributed by atoms with E-state index in [1.807, 2.05) is 0 Å². The van der Waals surface area contributed by atoms with E-state index in [-0.39, 0.29) is 5.41 Å². The second-order valence-electron chi connectivity index (χ2n) is 15.0. The second-order valence-corrected chi connectivity index (χ2v) is 15.0. The Morgan fingerprint density at radius 2 is 0.740 bits per heavy atom. The first-order valence-electron chi connectivity index (χ1n) is 18.4. The van der Waals surface area contributed by atoms with Crippen LogP contribution in [0.5, 0.6) is 0 Å². The molecule has 0 nitrogen and oxygen atoms in total. The summed E-state index contributed by atoms with van der Waals surface area (Å²) in [5.74, 6) is 0. The van der Waals surface area contributed by atoms with Gasteiger partial charge >= 0.3 is 0 Å². The normalized spacial score (nSPS) is 15.6. The minimum absolute atomic E-state index is 0.144. The summed E-state index contributed by atoms with van der Waals surface area (Å²) in [6.07, 6.45) is 11.1. The molecule has 0 heteroatoms. The van der Waals surface area contributed by atoms with Crippen molar-refractivity contribution in [3.8, 4) is 44.5 Å². The van der Waals surface area contributed by atoms with Crippen molar-refractivity contribution in [2.75, 3.05) is 0 Å². The summed E-state index contributed by atoms with van der Waals surface area (Å²) in [5.41, 5.74) is 25.3. The predicted octanol–water partition coefficient (Wildman–Crippen LogP) is 13.3. The van der Waals surface area contributed by atoms with Crippen LogP contribution >= 0.6 is 0 Å². The van der Waals surface area contributed by atoms with Gasteiger partial charge in [0.1, 0.15) is 0 Å². The van der Waals surface area contributed by atoms with Gasteiger partial charge < -0.3 is 0 Å². The van der Waals surface area contributed by atoms with Crippen molar-refractivity contribution < 1.29 is 0 Å². The van der Waals surface area contributed by atoms with E-state index in [0.29, 0.717) is 0 Å². The first-order valence-corrected chi connectivity index (χ1v) is 18.4. The first-order chi connectivity index (χ1) is 24.4. The maximum Gasteiger partial charge on any atom is 0.0134 e. The third kappa shape index (κ3) is 4.80. The second kappa shape index (κ2) is 12.0. The molecule has 0 unspecified atom stereocenters. The Morgan fingerprint density at radius 1 is 0.380 bits per heavy atom. The van der Waals surface area contributed by atoms with Crippen molar-refractivity contribution in [3.05, 3.63) is 177 Å². The van der Waals surface area contributed by atoms with Crippen LogP contribution in [0.2, 0.25) is 0 Å². The Morgan fingerprint density at radius 3 is 1.12 bits per heavy atom. The SMILES string of the molecule is Cc1cccc(C)c1-c1ccccc1-c1cccc2c1C=C(C1(C3=Cc4c(cccc4-c4ccccc4-c4c(C)cccc4C)C3)CCC1)C2. The van der Waals surface area contributed by atoms with Gasteiger partial charge in [-0.1, -0.05) is 151 Å². The number of aryl methyl sites for hydroxylation is 4. The van der Waals surface area contributed by atoms with Gasteiger partial charge in [0.05, 0.1) is 0 Å². The molecule has 0 saturated heterocycles.